The number of pyridine rings is 1. The molecule has 2 N–H and O–H groups in total. The summed E-state index contributed by atoms with van der Waals surface area (Å²) in [6, 6.07) is 5.56. The number of ether oxygens (including phenoxy) is 1. The molecule has 0 spiro atoms. The highest BCUT2D eigenvalue weighted by Crippen LogP contribution is 2.41. The van der Waals surface area contributed by atoms with E-state index in [-0.39, 0.29) is 71.1 Å². The largest absolute Gasteiger partial charge is 0.508 e. The average molecular weight is 651 g/mol. The van der Waals surface area contributed by atoms with Crippen molar-refractivity contribution in [2.45, 2.75) is 64.1 Å². The number of halogens is 3. The molecule has 13 heteroatoms. The highest BCUT2D eigenvalue weighted by atomic mass is 19.1. The van der Waals surface area contributed by atoms with E-state index in [1.165, 1.54) is 44.4 Å². The number of aryl methyl sites for hydroxylation is 1. The van der Waals surface area contributed by atoms with Crippen LogP contribution in [0.5, 0.6) is 11.8 Å². The van der Waals surface area contributed by atoms with Crippen LogP contribution in [-0.2, 0) is 16.0 Å². The first-order valence-corrected chi connectivity index (χ1v) is 15.8. The zero-order valence-electron chi connectivity index (χ0n) is 26.6. The molecule has 6 rings (SSSR count). The number of benzene rings is 2. The van der Waals surface area contributed by atoms with Crippen molar-refractivity contribution in [3.63, 3.8) is 0 Å². The topological polar surface area (TPSA) is 121 Å². The molecule has 4 heterocycles. The lowest BCUT2D eigenvalue weighted by atomic mass is 9.94. The lowest BCUT2D eigenvalue weighted by Gasteiger charge is -2.30. The van der Waals surface area contributed by atoms with Gasteiger partial charge in [0.2, 0.25) is 11.8 Å². The summed E-state index contributed by atoms with van der Waals surface area (Å²) in [5, 5.41) is 14.8. The molecule has 2 saturated heterocycles. The normalized spacial score (nSPS) is 19.3. The van der Waals surface area contributed by atoms with Gasteiger partial charge in [0.15, 0.2) is 5.82 Å². The van der Waals surface area contributed by atoms with Crippen molar-refractivity contribution in [1.29, 1.82) is 0 Å². The van der Waals surface area contributed by atoms with E-state index in [0.717, 1.165) is 24.3 Å². The highest BCUT2D eigenvalue weighted by molar-refractivity contribution is 6.01. The number of aromatic nitrogens is 3. The Hall–Kier alpha value is -4.52. The van der Waals surface area contributed by atoms with Gasteiger partial charge >= 0.3 is 6.01 Å². The van der Waals surface area contributed by atoms with Crippen LogP contribution in [-0.4, -0.2) is 86.7 Å². The second-order valence-corrected chi connectivity index (χ2v) is 12.4. The first-order valence-electron chi connectivity index (χ1n) is 15.8. The number of nitrogens with zero attached hydrogens (tertiary/aromatic N) is 5. The molecule has 0 aliphatic carbocycles. The number of fused-ring (bicyclic) bond motifs is 3. The predicted molar refractivity (Wildman–Crippen MR) is 171 cm³/mol. The molecule has 2 amide bonds. The zero-order valence-corrected chi connectivity index (χ0v) is 26.6. The third kappa shape index (κ3) is 6.16. The number of aromatic hydroxyl groups is 1. The van der Waals surface area contributed by atoms with Gasteiger partial charge in [-0.25, -0.2) is 13.2 Å². The molecule has 2 aliphatic rings. The maximum atomic E-state index is 16.6. The van der Waals surface area contributed by atoms with Crippen molar-refractivity contribution in [3.05, 3.63) is 47.7 Å². The number of alkyl halides is 1. The fourth-order valence-electron chi connectivity index (χ4n) is 6.89. The number of phenols is 1. The molecule has 2 atom stereocenters. The molecule has 0 radical (unpaired) electrons. The third-order valence-corrected chi connectivity index (χ3v) is 9.36. The fraction of sp³-hybridized carbons (Fsp3) is 0.441. The molecule has 2 aliphatic heterocycles. The molecule has 4 aromatic rings. The lowest BCUT2D eigenvalue weighted by molar-refractivity contribution is -0.141. The summed E-state index contributed by atoms with van der Waals surface area (Å²) in [7, 11) is 1.42. The summed E-state index contributed by atoms with van der Waals surface area (Å²) >= 11 is 0. The van der Waals surface area contributed by atoms with Crippen LogP contribution < -0.4 is 10.1 Å². The smallest absolute Gasteiger partial charge is 0.319 e. The van der Waals surface area contributed by atoms with Gasteiger partial charge in [-0.1, -0.05) is 13.0 Å². The second-order valence-electron chi connectivity index (χ2n) is 12.4. The number of carbonyl (C=O) groups excluding carboxylic acids is 2. The van der Waals surface area contributed by atoms with Gasteiger partial charge in [-0.05, 0) is 66.8 Å². The summed E-state index contributed by atoms with van der Waals surface area (Å²) < 4.78 is 52.0. The Labute approximate surface area is 270 Å². The van der Waals surface area contributed by atoms with Gasteiger partial charge in [0, 0.05) is 51.7 Å². The molecule has 0 saturated carbocycles. The van der Waals surface area contributed by atoms with Crippen LogP contribution in [0, 0.1) is 11.6 Å². The molecule has 2 aromatic carbocycles. The monoisotopic (exact) mass is 650 g/mol. The number of amides is 2. The fourth-order valence-corrected chi connectivity index (χ4v) is 6.89. The van der Waals surface area contributed by atoms with Crippen LogP contribution >= 0.6 is 0 Å². The van der Waals surface area contributed by atoms with Gasteiger partial charge in [-0.3, -0.25) is 24.4 Å². The number of phenolic OH excluding ortho intramolecular Hbond substituents is 1. The van der Waals surface area contributed by atoms with Gasteiger partial charge < -0.3 is 15.2 Å². The highest BCUT2D eigenvalue weighted by Gasteiger charge is 2.49. The second kappa shape index (κ2) is 12.9. The molecule has 248 valence electrons. The van der Waals surface area contributed by atoms with Crippen molar-refractivity contribution >= 4 is 39.3 Å². The predicted octanol–water partition coefficient (Wildman–Crippen LogP) is 5.54. The number of nitrogens with one attached hydrogen (secondary N) is 1. The Morgan fingerprint density at radius 2 is 2.04 bits per heavy atom. The van der Waals surface area contributed by atoms with Crippen molar-refractivity contribution in [3.8, 4) is 23.0 Å². The zero-order chi connectivity index (χ0) is 33.5. The quantitative estimate of drug-likeness (QED) is 0.213. The Morgan fingerprint density at radius 1 is 1.23 bits per heavy atom. The summed E-state index contributed by atoms with van der Waals surface area (Å²) in [4.78, 5) is 40.3. The van der Waals surface area contributed by atoms with E-state index in [0.29, 0.717) is 42.1 Å². The summed E-state index contributed by atoms with van der Waals surface area (Å²) in [6.07, 6.45) is 3.22. The van der Waals surface area contributed by atoms with Crippen molar-refractivity contribution < 1.29 is 32.6 Å². The summed E-state index contributed by atoms with van der Waals surface area (Å²) in [5.41, 5.74) is -0.168. The minimum Gasteiger partial charge on any atom is -0.508 e. The van der Waals surface area contributed by atoms with Crippen LogP contribution in [0.15, 0.2) is 30.5 Å². The van der Waals surface area contributed by atoms with Crippen molar-refractivity contribution in [2.75, 3.05) is 38.6 Å². The van der Waals surface area contributed by atoms with Crippen LogP contribution in [0.2, 0.25) is 0 Å². The third-order valence-electron chi connectivity index (χ3n) is 9.36. The summed E-state index contributed by atoms with van der Waals surface area (Å²) in [5.74, 6) is -1.89. The molecule has 10 nitrogen and oxygen atoms in total. The van der Waals surface area contributed by atoms with E-state index in [1.807, 2.05) is 0 Å². The molecule has 47 heavy (non-hydrogen) atoms. The van der Waals surface area contributed by atoms with Crippen LogP contribution in [0.4, 0.5) is 19.0 Å². The Balaban J connectivity index is 1.39. The lowest BCUT2D eigenvalue weighted by Crippen LogP contribution is -2.43. The molecule has 0 bridgehead atoms. The molecule has 2 aromatic heterocycles. The Kier molecular flexibility index (Phi) is 8.93. The summed E-state index contributed by atoms with van der Waals surface area (Å²) in [6.45, 7) is 4.59. The standard InChI is InChI=1S/C34H37F3N6O4/c1-4-23-26(36)9-8-20-13-22(45)14-24(28(20)23)30-29(37)31-25(16-39-30)32(38-11-5-7-27(46)42(3)19(2)44)41-33(40-31)47-18-34-10-6-12-43(34)17-21(35)15-34/h8-9,13-14,16,21,45H,4-7,10-12,15,17-18H2,1-3H3,(H,38,40,41)/t21-,34+/m1/s1. The van der Waals surface area contributed by atoms with Crippen LogP contribution in [0.3, 0.4) is 0 Å². The van der Waals surface area contributed by atoms with Gasteiger partial charge in [-0.2, -0.15) is 9.97 Å². The maximum Gasteiger partial charge on any atom is 0.319 e. The molecule has 0 unspecified atom stereocenters. The van der Waals surface area contributed by atoms with Crippen molar-refractivity contribution in [1.82, 2.24) is 24.8 Å². The maximum absolute atomic E-state index is 16.6. The Bertz CT molecular complexity index is 1870. The molecular weight excluding hydrogens is 613 g/mol. The van der Waals surface area contributed by atoms with E-state index in [1.54, 1.807) is 6.92 Å². The van der Waals surface area contributed by atoms with E-state index in [4.69, 9.17) is 4.74 Å². The molecule has 2 fully saturated rings. The van der Waals surface area contributed by atoms with Gasteiger partial charge in [0.05, 0.1) is 10.9 Å². The van der Waals surface area contributed by atoms with E-state index in [9.17, 15) is 23.5 Å². The van der Waals surface area contributed by atoms with Gasteiger partial charge in [0.1, 0.15) is 41.4 Å². The minimum absolute atomic E-state index is 0.0931. The molecular formula is C34H37F3N6O4. The number of anilines is 1. The number of hydrogen-bond acceptors (Lipinski definition) is 9. The number of hydrogen-bond donors (Lipinski definition) is 2. The Morgan fingerprint density at radius 3 is 2.81 bits per heavy atom. The van der Waals surface area contributed by atoms with E-state index in [2.05, 4.69) is 25.2 Å². The number of imide groups is 1. The minimum atomic E-state index is -0.959. The average Bonchev–Trinajstić information content (AvgIpc) is 3.57. The first kappa shape index (κ1) is 32.4. The van der Waals surface area contributed by atoms with E-state index < -0.39 is 23.3 Å². The van der Waals surface area contributed by atoms with Crippen molar-refractivity contribution in [2.24, 2.45) is 0 Å². The van der Waals surface area contributed by atoms with Gasteiger partial charge in [-0.15, -0.1) is 0 Å². The van der Waals surface area contributed by atoms with Gasteiger partial charge in [0.25, 0.3) is 0 Å². The SMILES string of the molecule is CCc1c(F)ccc2cc(O)cc(-c3ncc4c(NCCCC(=O)N(C)C(C)=O)nc(OC[C@@]56CCCN5C[C@H](F)C6)nc4c3F)c12. The number of rotatable bonds is 10. The number of carbonyl (C=O) groups is 2. The van der Waals surface area contributed by atoms with Crippen LogP contribution in [0.25, 0.3) is 32.9 Å². The first-order chi connectivity index (χ1) is 22.5. The van der Waals surface area contributed by atoms with E-state index >= 15 is 4.39 Å². The van der Waals surface area contributed by atoms with Crippen LogP contribution in [0.1, 0.15) is 51.5 Å².